The molecule has 160 valence electrons. The number of rotatable bonds is 8. The van der Waals surface area contributed by atoms with Gasteiger partial charge in [0.25, 0.3) is 0 Å². The summed E-state index contributed by atoms with van der Waals surface area (Å²) >= 11 is 0. The molecule has 8 nitrogen and oxygen atoms in total. The molecule has 0 aliphatic carbocycles. The summed E-state index contributed by atoms with van der Waals surface area (Å²) in [4.78, 5) is 18.1. The minimum atomic E-state index is -3.15. The maximum atomic E-state index is 12.8. The van der Waals surface area contributed by atoms with Gasteiger partial charge in [-0.3, -0.25) is 0 Å². The highest BCUT2D eigenvalue weighted by molar-refractivity contribution is 7.88. The quantitative estimate of drug-likeness (QED) is 0.629. The zero-order valence-corrected chi connectivity index (χ0v) is 18.0. The van der Waals surface area contributed by atoms with Crippen molar-refractivity contribution in [2.24, 2.45) is 5.92 Å². The monoisotopic (exact) mass is 423 g/mol. The van der Waals surface area contributed by atoms with Crippen molar-refractivity contribution in [3.8, 4) is 5.88 Å². The number of fused-ring (bicyclic) bond motifs is 1. The molecule has 1 aromatic carbocycles. The Hall–Kier alpha value is -2.10. The van der Waals surface area contributed by atoms with Crippen LogP contribution in [0, 0.1) is 12.8 Å². The van der Waals surface area contributed by atoms with Gasteiger partial charge in [0.1, 0.15) is 5.56 Å². The Bertz CT molecular complexity index is 962. The van der Waals surface area contributed by atoms with Crippen LogP contribution in [0.2, 0.25) is 0 Å². The Balaban J connectivity index is 1.52. The van der Waals surface area contributed by atoms with Gasteiger partial charge in [0.05, 0.1) is 20.0 Å². The van der Waals surface area contributed by atoms with Gasteiger partial charge in [-0.05, 0) is 50.9 Å². The Kier molecular flexibility index (Phi) is 6.81. The number of sulfonamides is 1. The molecule has 2 heterocycles. The Labute approximate surface area is 171 Å². The summed E-state index contributed by atoms with van der Waals surface area (Å²) in [5, 5.41) is 0.806. The first-order chi connectivity index (χ1) is 13.8. The summed E-state index contributed by atoms with van der Waals surface area (Å²) in [5.74, 6) is 0.346. The Morgan fingerprint density at radius 3 is 2.69 bits per heavy atom. The zero-order valence-electron chi connectivity index (χ0n) is 17.2. The number of hydrogen-bond acceptors (Lipinski definition) is 6. The number of esters is 1. The second-order valence-corrected chi connectivity index (χ2v) is 9.47. The number of carbonyl (C=O) groups excluding carboxylic acids is 1. The predicted octanol–water partition coefficient (Wildman–Crippen LogP) is 1.90. The van der Waals surface area contributed by atoms with Crippen LogP contribution in [-0.4, -0.2) is 70.4 Å². The molecule has 1 aliphatic rings. The molecule has 1 fully saturated rings. The molecular weight excluding hydrogens is 394 g/mol. The third-order valence-corrected chi connectivity index (χ3v) is 6.01. The number of aryl methyl sites for hydroxylation is 1. The number of benzene rings is 1. The number of aromatic nitrogens is 1. The van der Waals surface area contributed by atoms with Gasteiger partial charge in [0.15, 0.2) is 0 Å². The SMILES string of the molecule is COc1[nH]c2ccc(C)cc2c1C(=O)OCC1CCN(CCNS(C)(=O)=O)CC1. The summed E-state index contributed by atoms with van der Waals surface area (Å²) < 4.78 is 35.7. The van der Waals surface area contributed by atoms with Crippen molar-refractivity contribution in [2.45, 2.75) is 19.8 Å². The lowest BCUT2D eigenvalue weighted by Gasteiger charge is -2.31. The van der Waals surface area contributed by atoms with E-state index in [1.807, 2.05) is 25.1 Å². The van der Waals surface area contributed by atoms with Crippen molar-refractivity contribution >= 4 is 26.9 Å². The number of H-pyrrole nitrogens is 1. The summed E-state index contributed by atoms with van der Waals surface area (Å²) in [6.07, 6.45) is 2.99. The van der Waals surface area contributed by atoms with E-state index >= 15 is 0 Å². The molecule has 2 aromatic rings. The van der Waals surface area contributed by atoms with Crippen molar-refractivity contribution in [1.29, 1.82) is 0 Å². The van der Waals surface area contributed by atoms with Crippen molar-refractivity contribution in [2.75, 3.05) is 46.2 Å². The molecule has 1 aromatic heterocycles. The van der Waals surface area contributed by atoms with Gasteiger partial charge in [0.2, 0.25) is 15.9 Å². The van der Waals surface area contributed by atoms with Gasteiger partial charge in [-0.2, -0.15) is 0 Å². The number of likely N-dealkylation sites (tertiary alicyclic amines) is 1. The van der Waals surface area contributed by atoms with Crippen LogP contribution in [0.5, 0.6) is 5.88 Å². The van der Waals surface area contributed by atoms with Crippen LogP contribution in [-0.2, 0) is 14.8 Å². The number of nitrogens with one attached hydrogen (secondary N) is 2. The van der Waals surface area contributed by atoms with E-state index in [1.165, 1.54) is 7.11 Å². The second kappa shape index (κ2) is 9.15. The molecule has 1 saturated heterocycles. The van der Waals surface area contributed by atoms with Gasteiger partial charge in [0, 0.05) is 24.0 Å². The smallest absolute Gasteiger partial charge is 0.344 e. The van der Waals surface area contributed by atoms with E-state index in [0.717, 1.165) is 48.7 Å². The van der Waals surface area contributed by atoms with Crippen molar-refractivity contribution in [3.05, 3.63) is 29.3 Å². The van der Waals surface area contributed by atoms with E-state index in [4.69, 9.17) is 9.47 Å². The number of nitrogens with zero attached hydrogens (tertiary/aromatic N) is 1. The van der Waals surface area contributed by atoms with Crippen molar-refractivity contribution < 1.29 is 22.7 Å². The van der Waals surface area contributed by atoms with Crippen LogP contribution in [0.3, 0.4) is 0 Å². The highest BCUT2D eigenvalue weighted by atomic mass is 32.2. The first kappa shape index (κ1) is 21.6. The zero-order chi connectivity index (χ0) is 21.0. The summed E-state index contributed by atoms with van der Waals surface area (Å²) in [5.41, 5.74) is 2.34. The molecule has 2 N–H and O–H groups in total. The van der Waals surface area contributed by atoms with Crippen LogP contribution in [0.15, 0.2) is 18.2 Å². The fourth-order valence-corrected chi connectivity index (χ4v) is 4.13. The van der Waals surface area contributed by atoms with E-state index in [2.05, 4.69) is 14.6 Å². The normalized spacial score (nSPS) is 16.2. The topological polar surface area (TPSA) is 101 Å². The second-order valence-electron chi connectivity index (χ2n) is 7.63. The molecule has 0 unspecified atom stereocenters. The molecule has 0 bridgehead atoms. The van der Waals surface area contributed by atoms with Crippen LogP contribution < -0.4 is 9.46 Å². The van der Waals surface area contributed by atoms with Crippen LogP contribution >= 0.6 is 0 Å². The molecule has 0 spiro atoms. The van der Waals surface area contributed by atoms with Crippen molar-refractivity contribution in [3.63, 3.8) is 0 Å². The summed E-state index contributed by atoms with van der Waals surface area (Å²) in [7, 11) is -1.62. The molecule has 29 heavy (non-hydrogen) atoms. The van der Waals surface area contributed by atoms with Crippen LogP contribution in [0.25, 0.3) is 10.9 Å². The molecular formula is C20H29N3O5S. The standard InChI is InChI=1S/C20H29N3O5S/c1-14-4-5-17-16(12-14)18(19(22-17)27-2)20(24)28-13-15-6-9-23(10-7-15)11-8-21-29(3,25)26/h4-5,12,15,21-22H,6-11,13H2,1-3H3. The third kappa shape index (κ3) is 5.71. The van der Waals surface area contributed by atoms with E-state index in [9.17, 15) is 13.2 Å². The van der Waals surface area contributed by atoms with Gasteiger partial charge in [-0.25, -0.2) is 17.9 Å². The number of aromatic amines is 1. The number of carbonyl (C=O) groups is 1. The fourth-order valence-electron chi connectivity index (χ4n) is 3.67. The average Bonchev–Trinajstić information content (AvgIpc) is 3.04. The minimum absolute atomic E-state index is 0.302. The van der Waals surface area contributed by atoms with Gasteiger partial charge < -0.3 is 19.4 Å². The summed E-state index contributed by atoms with van der Waals surface area (Å²) in [6.45, 7) is 5.18. The van der Waals surface area contributed by atoms with Gasteiger partial charge in [-0.1, -0.05) is 11.6 Å². The van der Waals surface area contributed by atoms with Crippen LogP contribution in [0.1, 0.15) is 28.8 Å². The molecule has 3 rings (SSSR count). The van der Waals surface area contributed by atoms with Gasteiger partial charge >= 0.3 is 5.97 Å². The first-order valence-corrected chi connectivity index (χ1v) is 11.7. The average molecular weight is 424 g/mol. The highest BCUT2D eigenvalue weighted by Gasteiger charge is 2.24. The molecule has 0 amide bonds. The summed E-state index contributed by atoms with van der Waals surface area (Å²) in [6, 6.07) is 5.86. The number of ether oxygens (including phenoxy) is 2. The molecule has 9 heteroatoms. The predicted molar refractivity (Wildman–Crippen MR) is 112 cm³/mol. The Morgan fingerprint density at radius 2 is 2.03 bits per heavy atom. The Morgan fingerprint density at radius 1 is 1.31 bits per heavy atom. The fraction of sp³-hybridized carbons (Fsp3) is 0.550. The van der Waals surface area contributed by atoms with E-state index in [-0.39, 0.29) is 5.97 Å². The third-order valence-electron chi connectivity index (χ3n) is 5.28. The largest absolute Gasteiger partial charge is 0.482 e. The van der Waals surface area contributed by atoms with Gasteiger partial charge in [-0.15, -0.1) is 0 Å². The lowest BCUT2D eigenvalue weighted by Crippen LogP contribution is -2.40. The van der Waals surface area contributed by atoms with Crippen molar-refractivity contribution in [1.82, 2.24) is 14.6 Å². The number of piperidine rings is 1. The molecule has 0 saturated carbocycles. The number of hydrogen-bond donors (Lipinski definition) is 2. The van der Waals surface area contributed by atoms with E-state index < -0.39 is 10.0 Å². The maximum Gasteiger partial charge on any atom is 0.344 e. The molecule has 1 aliphatic heterocycles. The molecule has 0 atom stereocenters. The lowest BCUT2D eigenvalue weighted by atomic mass is 9.98. The highest BCUT2D eigenvalue weighted by Crippen LogP contribution is 2.30. The lowest BCUT2D eigenvalue weighted by molar-refractivity contribution is 0.0373. The number of methoxy groups -OCH3 is 1. The minimum Gasteiger partial charge on any atom is -0.482 e. The maximum absolute atomic E-state index is 12.8. The molecule has 0 radical (unpaired) electrons. The van der Waals surface area contributed by atoms with Crippen LogP contribution in [0.4, 0.5) is 0 Å². The first-order valence-electron chi connectivity index (χ1n) is 9.77. The van der Waals surface area contributed by atoms with E-state index in [1.54, 1.807) is 0 Å². The van der Waals surface area contributed by atoms with E-state index in [0.29, 0.717) is 37.1 Å².